The molecule has 0 bridgehead atoms. The summed E-state index contributed by atoms with van der Waals surface area (Å²) in [6.45, 7) is 6.80. The van der Waals surface area contributed by atoms with Crippen molar-refractivity contribution < 1.29 is 4.57 Å². The van der Waals surface area contributed by atoms with Crippen molar-refractivity contribution in [2.45, 2.75) is 187 Å². The van der Waals surface area contributed by atoms with Gasteiger partial charge < -0.3 is 0 Å². The van der Waals surface area contributed by atoms with Crippen LogP contribution in [-0.4, -0.2) is 4.57 Å². The summed E-state index contributed by atoms with van der Waals surface area (Å²) in [4.78, 5) is 0. The van der Waals surface area contributed by atoms with E-state index in [9.17, 15) is 0 Å². The summed E-state index contributed by atoms with van der Waals surface area (Å²) in [6.07, 6.45) is 40.0. The molecule has 0 radical (unpaired) electrons. The molecule has 0 saturated heterocycles. The molecule has 2 rings (SSSR count). The zero-order valence-corrected chi connectivity index (χ0v) is 27.0. The lowest BCUT2D eigenvalue weighted by Gasteiger charge is -2.07. The van der Waals surface area contributed by atoms with Crippen molar-refractivity contribution in [3.8, 4) is 0 Å². The molecule has 0 aliphatic rings. The topological polar surface area (TPSA) is 8.81 Å². The van der Waals surface area contributed by atoms with Crippen LogP contribution < -0.4 is 4.57 Å². The van der Waals surface area contributed by atoms with Crippen LogP contribution in [0.1, 0.15) is 179 Å². The van der Waals surface area contributed by atoms with Crippen molar-refractivity contribution in [3.63, 3.8) is 0 Å². The molecule has 0 aliphatic carbocycles. The van der Waals surface area contributed by atoms with Crippen LogP contribution in [0.5, 0.6) is 0 Å². The zero-order valence-electron chi connectivity index (χ0n) is 27.0. The van der Waals surface area contributed by atoms with Crippen molar-refractivity contribution >= 4 is 0 Å². The minimum Gasteiger partial charge on any atom is -0.234 e. The lowest BCUT2D eigenvalue weighted by Crippen LogP contribution is -2.37. The Morgan fingerprint density at radius 2 is 0.925 bits per heavy atom. The second-order valence-electron chi connectivity index (χ2n) is 12.5. The van der Waals surface area contributed by atoms with E-state index in [1.54, 1.807) is 0 Å². The first-order valence-corrected chi connectivity index (χ1v) is 18.0. The van der Waals surface area contributed by atoms with Crippen LogP contribution in [0.15, 0.2) is 42.7 Å². The molecule has 2 heteroatoms. The number of hydrogen-bond donors (Lipinski definition) is 0. The summed E-state index contributed by atoms with van der Waals surface area (Å²) in [5, 5.41) is 0. The molecule has 40 heavy (non-hydrogen) atoms. The second-order valence-corrected chi connectivity index (χ2v) is 12.5. The van der Waals surface area contributed by atoms with Gasteiger partial charge in [-0.15, -0.1) is 0 Å². The molecule has 2 nitrogen and oxygen atoms in total. The highest BCUT2D eigenvalue weighted by Gasteiger charge is 2.17. The Morgan fingerprint density at radius 1 is 0.500 bits per heavy atom. The third kappa shape index (κ3) is 17.3. The highest BCUT2D eigenvalue weighted by atomic mass is 15.1. The lowest BCUT2D eigenvalue weighted by atomic mass is 10.0. The van der Waals surface area contributed by atoms with Crippen LogP contribution >= 0.6 is 0 Å². The maximum absolute atomic E-state index is 2.58. The molecule has 0 fully saturated rings. The fourth-order valence-corrected chi connectivity index (χ4v) is 6.16. The van der Waals surface area contributed by atoms with Crippen LogP contribution in [0.4, 0.5) is 0 Å². The smallest absolute Gasteiger partial charge is 0.234 e. The van der Waals surface area contributed by atoms with Gasteiger partial charge in [0.05, 0.1) is 6.54 Å². The number of rotatable bonds is 28. The van der Waals surface area contributed by atoms with Crippen LogP contribution in [-0.2, 0) is 19.5 Å². The van der Waals surface area contributed by atoms with Gasteiger partial charge in [0.15, 0.2) is 0 Å². The van der Waals surface area contributed by atoms with Crippen LogP contribution in [0.25, 0.3) is 0 Å². The van der Waals surface area contributed by atoms with Gasteiger partial charge in [-0.1, -0.05) is 179 Å². The van der Waals surface area contributed by atoms with E-state index in [-0.39, 0.29) is 0 Å². The van der Waals surface area contributed by atoms with Gasteiger partial charge in [-0.05, 0) is 24.8 Å². The number of unbranched alkanes of at least 4 members (excludes halogenated alkanes) is 22. The lowest BCUT2D eigenvalue weighted by molar-refractivity contribution is -0.704. The third-order valence-corrected chi connectivity index (χ3v) is 8.79. The maximum Gasteiger partial charge on any atom is 0.256 e. The predicted molar refractivity (Wildman–Crippen MR) is 176 cm³/mol. The molecular formula is C38H67N2+. The summed E-state index contributed by atoms with van der Waals surface area (Å²) in [5.74, 6) is 1.54. The number of nitrogens with zero attached hydrogens (tertiary/aromatic N) is 2. The number of benzene rings is 1. The van der Waals surface area contributed by atoms with E-state index in [2.05, 4.69) is 65.7 Å². The molecule has 0 saturated carbocycles. The van der Waals surface area contributed by atoms with E-state index in [0.717, 1.165) is 6.54 Å². The fraction of sp³-hybridized carbons (Fsp3) is 0.763. The van der Waals surface area contributed by atoms with Crippen molar-refractivity contribution in [3.05, 3.63) is 54.1 Å². The van der Waals surface area contributed by atoms with E-state index >= 15 is 0 Å². The molecule has 1 heterocycles. The van der Waals surface area contributed by atoms with Crippen molar-refractivity contribution in [2.75, 3.05) is 0 Å². The van der Waals surface area contributed by atoms with Gasteiger partial charge in [-0.2, -0.15) is 0 Å². The van der Waals surface area contributed by atoms with Gasteiger partial charge in [0, 0.05) is 6.42 Å². The highest BCUT2D eigenvalue weighted by Crippen LogP contribution is 2.15. The Morgan fingerprint density at radius 3 is 1.40 bits per heavy atom. The van der Waals surface area contributed by atoms with Gasteiger partial charge in [0.25, 0.3) is 5.82 Å². The molecular weight excluding hydrogens is 484 g/mol. The Bertz CT molecular complexity index is 793. The molecule has 0 aliphatic heterocycles. The van der Waals surface area contributed by atoms with Crippen LogP contribution in [0.3, 0.4) is 0 Å². The molecule has 1 aromatic heterocycles. The first-order valence-electron chi connectivity index (χ1n) is 18.0. The first kappa shape index (κ1) is 34.6. The summed E-state index contributed by atoms with van der Waals surface area (Å²) >= 11 is 0. The van der Waals surface area contributed by atoms with Crippen molar-refractivity contribution in [1.29, 1.82) is 0 Å². The van der Waals surface area contributed by atoms with E-state index in [0.29, 0.717) is 0 Å². The fourth-order valence-electron chi connectivity index (χ4n) is 6.16. The monoisotopic (exact) mass is 552 g/mol. The average molecular weight is 552 g/mol. The summed E-state index contributed by atoms with van der Waals surface area (Å²) < 4.78 is 5.09. The van der Waals surface area contributed by atoms with E-state index < -0.39 is 0 Å². The number of hydrogen-bond acceptors (Lipinski definition) is 0. The number of aromatic nitrogens is 2. The molecule has 228 valence electrons. The highest BCUT2D eigenvalue weighted by molar-refractivity contribution is 5.15. The summed E-state index contributed by atoms with van der Waals surface area (Å²) in [5.41, 5.74) is 1.41. The maximum atomic E-state index is 2.58. The SMILES string of the molecule is CCCCCCCCCCCCCCCCCC[n+]1ccn(Cc2ccccc2)c1CCCCCCCCCC. The molecule has 0 atom stereocenters. The minimum atomic E-state index is 0.999. The van der Waals surface area contributed by atoms with Crippen molar-refractivity contribution in [2.24, 2.45) is 0 Å². The van der Waals surface area contributed by atoms with Gasteiger partial charge in [0.2, 0.25) is 0 Å². The van der Waals surface area contributed by atoms with E-state index in [1.165, 1.54) is 178 Å². The Labute approximate surface area is 250 Å². The molecule has 0 N–H and O–H groups in total. The van der Waals surface area contributed by atoms with E-state index in [4.69, 9.17) is 0 Å². The molecule has 2 aromatic rings. The standard InChI is InChI=1S/C38H67N2/c1-3-5-7-9-11-13-14-15-16-17-18-19-20-22-24-29-33-39-34-35-40(36-37-30-26-25-27-31-37)38(39)32-28-23-21-12-10-8-6-4-2/h25-27,30-31,34-35H,3-24,28-29,32-33,36H2,1-2H3/q+1. The first-order chi connectivity index (χ1) is 19.8. The van der Waals surface area contributed by atoms with Gasteiger partial charge in [-0.3, -0.25) is 0 Å². The number of imidazole rings is 1. The molecule has 0 unspecified atom stereocenters. The van der Waals surface area contributed by atoms with Crippen molar-refractivity contribution in [1.82, 2.24) is 4.57 Å². The molecule has 0 amide bonds. The normalized spacial score (nSPS) is 11.4. The van der Waals surface area contributed by atoms with Crippen LogP contribution in [0, 0.1) is 0 Å². The van der Waals surface area contributed by atoms with E-state index in [1.807, 2.05) is 0 Å². The zero-order chi connectivity index (χ0) is 28.4. The van der Waals surface area contributed by atoms with Gasteiger partial charge >= 0.3 is 0 Å². The Hall–Kier alpha value is -1.57. The van der Waals surface area contributed by atoms with Gasteiger partial charge in [-0.25, -0.2) is 9.13 Å². The average Bonchev–Trinajstić information content (AvgIpc) is 3.35. The minimum absolute atomic E-state index is 0.999. The summed E-state index contributed by atoms with van der Waals surface area (Å²) in [6, 6.07) is 11.0. The summed E-state index contributed by atoms with van der Waals surface area (Å²) in [7, 11) is 0. The quantitative estimate of drug-likeness (QED) is 0.0734. The molecule has 0 spiro atoms. The third-order valence-electron chi connectivity index (χ3n) is 8.79. The van der Waals surface area contributed by atoms with Crippen LogP contribution in [0.2, 0.25) is 0 Å². The Kier molecular flexibility index (Phi) is 21.8. The molecule has 1 aromatic carbocycles. The Balaban J connectivity index is 1.58. The predicted octanol–water partition coefficient (Wildman–Crippen LogP) is 11.8. The second kappa shape index (κ2) is 25.2. The van der Waals surface area contributed by atoms with Gasteiger partial charge in [0.1, 0.15) is 18.9 Å². The largest absolute Gasteiger partial charge is 0.256 e. The number of aryl methyl sites for hydroxylation is 1.